The molecule has 0 radical (unpaired) electrons. The van der Waals surface area contributed by atoms with Crippen LogP contribution in [0.2, 0.25) is 5.02 Å². The van der Waals surface area contributed by atoms with E-state index < -0.39 is 0 Å². The summed E-state index contributed by atoms with van der Waals surface area (Å²) in [4.78, 5) is 25.7. The predicted octanol–water partition coefficient (Wildman–Crippen LogP) is 1.73. The van der Waals surface area contributed by atoms with Gasteiger partial charge in [0, 0.05) is 31.6 Å². The van der Waals surface area contributed by atoms with E-state index in [4.69, 9.17) is 11.6 Å². The van der Waals surface area contributed by atoms with Crippen molar-refractivity contribution in [3.8, 4) is 0 Å². The molecule has 2 rings (SSSR count). The van der Waals surface area contributed by atoms with E-state index in [1.165, 1.54) is 6.92 Å². The lowest BCUT2D eigenvalue weighted by Crippen LogP contribution is -2.40. The molecule has 1 heterocycles. The summed E-state index contributed by atoms with van der Waals surface area (Å²) in [5.41, 5.74) is 0.880. The molecule has 5 nitrogen and oxygen atoms in total. The van der Waals surface area contributed by atoms with Gasteiger partial charge in [-0.25, -0.2) is 0 Å². The van der Waals surface area contributed by atoms with Crippen molar-refractivity contribution in [1.29, 1.82) is 0 Å². The predicted molar refractivity (Wildman–Crippen MR) is 86.7 cm³/mol. The molecular formula is C16H22ClN3O2. The molecular weight excluding hydrogens is 302 g/mol. The van der Waals surface area contributed by atoms with E-state index in [1.807, 2.05) is 19.2 Å². The molecule has 1 aromatic carbocycles. The fourth-order valence-corrected chi connectivity index (χ4v) is 2.81. The Balaban J connectivity index is 2.06. The summed E-state index contributed by atoms with van der Waals surface area (Å²) < 4.78 is 0. The van der Waals surface area contributed by atoms with Gasteiger partial charge in [0.2, 0.25) is 11.8 Å². The van der Waals surface area contributed by atoms with E-state index >= 15 is 0 Å². The van der Waals surface area contributed by atoms with Crippen molar-refractivity contribution in [3.63, 3.8) is 0 Å². The van der Waals surface area contributed by atoms with Gasteiger partial charge in [-0.15, -0.1) is 0 Å². The van der Waals surface area contributed by atoms with Crippen molar-refractivity contribution >= 4 is 23.4 Å². The van der Waals surface area contributed by atoms with Crippen molar-refractivity contribution in [2.45, 2.75) is 31.8 Å². The minimum absolute atomic E-state index is 0.0300. The van der Waals surface area contributed by atoms with Crippen molar-refractivity contribution in [2.24, 2.45) is 0 Å². The zero-order chi connectivity index (χ0) is 16.1. The van der Waals surface area contributed by atoms with Crippen LogP contribution in [0.3, 0.4) is 0 Å². The van der Waals surface area contributed by atoms with Crippen LogP contribution in [0.25, 0.3) is 0 Å². The first kappa shape index (κ1) is 16.8. The van der Waals surface area contributed by atoms with Gasteiger partial charge in [0.15, 0.2) is 0 Å². The number of hydrogen-bond donors (Lipinski definition) is 2. The second-order valence-corrected chi connectivity index (χ2v) is 6.10. The van der Waals surface area contributed by atoms with Gasteiger partial charge in [-0.3, -0.25) is 9.59 Å². The number of rotatable bonds is 5. The number of carbonyl (C=O) groups excluding carboxylic acids is 2. The molecule has 2 atom stereocenters. The van der Waals surface area contributed by atoms with Crippen molar-refractivity contribution in [2.75, 3.05) is 20.1 Å². The highest BCUT2D eigenvalue weighted by molar-refractivity contribution is 6.30. The average molecular weight is 324 g/mol. The minimum atomic E-state index is -0.334. The van der Waals surface area contributed by atoms with Crippen LogP contribution in [0.15, 0.2) is 24.3 Å². The molecule has 1 aliphatic rings. The zero-order valence-corrected chi connectivity index (χ0v) is 13.7. The number of benzene rings is 1. The van der Waals surface area contributed by atoms with Crippen molar-refractivity contribution in [3.05, 3.63) is 34.9 Å². The quantitative estimate of drug-likeness (QED) is 0.867. The maximum absolute atomic E-state index is 12.5. The van der Waals surface area contributed by atoms with Crippen LogP contribution in [0, 0.1) is 0 Å². The third-order valence-electron chi connectivity index (χ3n) is 4.00. The smallest absolute Gasteiger partial charge is 0.225 e. The van der Waals surface area contributed by atoms with E-state index in [1.54, 1.807) is 17.0 Å². The molecule has 120 valence electrons. The Labute approximate surface area is 136 Å². The minimum Gasteiger partial charge on any atom is -0.349 e. The number of carbonyl (C=O) groups is 2. The van der Waals surface area contributed by atoms with Gasteiger partial charge in [-0.2, -0.15) is 0 Å². The van der Waals surface area contributed by atoms with E-state index in [-0.39, 0.29) is 30.3 Å². The maximum Gasteiger partial charge on any atom is 0.225 e. The van der Waals surface area contributed by atoms with Gasteiger partial charge >= 0.3 is 0 Å². The Morgan fingerprint density at radius 1 is 1.41 bits per heavy atom. The molecule has 0 spiro atoms. The summed E-state index contributed by atoms with van der Waals surface area (Å²) >= 11 is 5.89. The Morgan fingerprint density at radius 2 is 2.09 bits per heavy atom. The standard InChI is InChI=1S/C16H22ClN3O2/c1-11(21)19-15(12-3-5-13(17)6-4-12)9-16(22)20(2)14-7-8-18-10-14/h3-6,14-15,18H,7-10H2,1-2H3,(H,19,21). The first-order chi connectivity index (χ1) is 10.5. The molecule has 2 N–H and O–H groups in total. The Hall–Kier alpha value is -1.59. The number of amides is 2. The lowest BCUT2D eigenvalue weighted by atomic mass is 10.0. The highest BCUT2D eigenvalue weighted by Gasteiger charge is 2.26. The van der Waals surface area contributed by atoms with Gasteiger partial charge < -0.3 is 15.5 Å². The van der Waals surface area contributed by atoms with Crippen LogP contribution >= 0.6 is 11.6 Å². The van der Waals surface area contributed by atoms with Gasteiger partial charge in [0.1, 0.15) is 0 Å². The molecule has 6 heteroatoms. The normalized spacial score (nSPS) is 18.8. The number of nitrogens with one attached hydrogen (secondary N) is 2. The molecule has 0 bridgehead atoms. The molecule has 0 aromatic heterocycles. The number of halogens is 1. The fourth-order valence-electron chi connectivity index (χ4n) is 2.68. The lowest BCUT2D eigenvalue weighted by molar-refractivity contribution is -0.132. The van der Waals surface area contributed by atoms with E-state index in [0.29, 0.717) is 5.02 Å². The van der Waals surface area contributed by atoms with Crippen LogP contribution in [-0.4, -0.2) is 42.9 Å². The summed E-state index contributed by atoms with van der Waals surface area (Å²) in [6.07, 6.45) is 1.21. The van der Waals surface area contributed by atoms with E-state index in [0.717, 1.165) is 25.1 Å². The summed E-state index contributed by atoms with van der Waals surface area (Å²) in [6, 6.07) is 7.11. The average Bonchev–Trinajstić information content (AvgIpc) is 3.00. The van der Waals surface area contributed by atoms with Gasteiger partial charge in [-0.05, 0) is 30.7 Å². The monoisotopic (exact) mass is 323 g/mol. The SMILES string of the molecule is CC(=O)NC(CC(=O)N(C)C1CCNC1)c1ccc(Cl)cc1. The summed E-state index contributed by atoms with van der Waals surface area (Å²) in [7, 11) is 1.83. The number of likely N-dealkylation sites (N-methyl/N-ethyl adjacent to an activating group) is 1. The molecule has 2 unspecified atom stereocenters. The first-order valence-corrected chi connectivity index (χ1v) is 7.84. The summed E-state index contributed by atoms with van der Waals surface area (Å²) in [5, 5.41) is 6.73. The second kappa shape index (κ2) is 7.61. The largest absolute Gasteiger partial charge is 0.349 e. The molecule has 2 amide bonds. The summed E-state index contributed by atoms with van der Waals surface area (Å²) in [5.74, 6) is -0.125. The second-order valence-electron chi connectivity index (χ2n) is 5.66. The molecule has 1 aliphatic heterocycles. The molecule has 22 heavy (non-hydrogen) atoms. The van der Waals surface area contributed by atoms with Gasteiger partial charge in [0.05, 0.1) is 12.5 Å². The number of hydrogen-bond acceptors (Lipinski definition) is 3. The Bertz CT molecular complexity index is 527. The third-order valence-corrected chi connectivity index (χ3v) is 4.26. The molecule has 1 aromatic rings. The maximum atomic E-state index is 12.5. The van der Waals surface area contributed by atoms with Crippen LogP contribution in [0.1, 0.15) is 31.4 Å². The summed E-state index contributed by atoms with van der Waals surface area (Å²) in [6.45, 7) is 3.22. The van der Waals surface area contributed by atoms with Crippen molar-refractivity contribution in [1.82, 2.24) is 15.5 Å². The highest BCUT2D eigenvalue weighted by Crippen LogP contribution is 2.21. The highest BCUT2D eigenvalue weighted by atomic mass is 35.5. The number of nitrogens with zero attached hydrogens (tertiary/aromatic N) is 1. The van der Waals surface area contributed by atoms with Crippen LogP contribution in [-0.2, 0) is 9.59 Å². The Kier molecular flexibility index (Phi) is 5.80. The van der Waals surface area contributed by atoms with Crippen LogP contribution < -0.4 is 10.6 Å². The van der Waals surface area contributed by atoms with Crippen molar-refractivity contribution < 1.29 is 9.59 Å². The van der Waals surface area contributed by atoms with E-state index in [9.17, 15) is 9.59 Å². The molecule has 1 fully saturated rings. The fraction of sp³-hybridized carbons (Fsp3) is 0.500. The zero-order valence-electron chi connectivity index (χ0n) is 12.9. The topological polar surface area (TPSA) is 61.4 Å². The molecule has 0 saturated carbocycles. The third kappa shape index (κ3) is 4.45. The lowest BCUT2D eigenvalue weighted by Gasteiger charge is -2.26. The van der Waals surface area contributed by atoms with Gasteiger partial charge in [0.25, 0.3) is 0 Å². The molecule has 0 aliphatic carbocycles. The van der Waals surface area contributed by atoms with Crippen LogP contribution in [0.5, 0.6) is 0 Å². The van der Waals surface area contributed by atoms with Crippen LogP contribution in [0.4, 0.5) is 0 Å². The Morgan fingerprint density at radius 3 is 2.64 bits per heavy atom. The van der Waals surface area contributed by atoms with E-state index in [2.05, 4.69) is 10.6 Å². The first-order valence-electron chi connectivity index (χ1n) is 7.46. The molecule has 1 saturated heterocycles. The van der Waals surface area contributed by atoms with Gasteiger partial charge in [-0.1, -0.05) is 23.7 Å².